The van der Waals surface area contributed by atoms with Crippen LogP contribution in [0.2, 0.25) is 0 Å². The van der Waals surface area contributed by atoms with Crippen LogP contribution >= 0.6 is 0 Å². The molecular formula is C31H34N4O4S. The Labute approximate surface area is 235 Å². The van der Waals surface area contributed by atoms with Gasteiger partial charge in [-0.05, 0) is 96.3 Å². The van der Waals surface area contributed by atoms with E-state index in [4.69, 9.17) is 14.6 Å². The van der Waals surface area contributed by atoms with Crippen LogP contribution in [-0.4, -0.2) is 42.7 Å². The van der Waals surface area contributed by atoms with Gasteiger partial charge in [-0.1, -0.05) is 19.1 Å². The number of hydrogen-bond acceptors (Lipinski definition) is 6. The maximum absolute atomic E-state index is 11.9. The van der Waals surface area contributed by atoms with Crippen molar-refractivity contribution in [2.45, 2.75) is 45.8 Å². The second-order valence-electron chi connectivity index (χ2n) is 10.7. The third kappa shape index (κ3) is 5.11. The molecule has 6 rings (SSSR count). The van der Waals surface area contributed by atoms with Crippen molar-refractivity contribution in [2.75, 3.05) is 24.2 Å². The monoisotopic (exact) mass is 558 g/mol. The fourth-order valence-electron chi connectivity index (χ4n) is 6.03. The first-order chi connectivity index (χ1) is 19.3. The summed E-state index contributed by atoms with van der Waals surface area (Å²) < 4.78 is 40.5. The van der Waals surface area contributed by atoms with E-state index in [-0.39, 0.29) is 6.04 Å². The molecule has 4 aromatic rings. The third-order valence-corrected chi connectivity index (χ3v) is 8.60. The van der Waals surface area contributed by atoms with Crippen molar-refractivity contribution in [1.29, 1.82) is 0 Å². The number of rotatable bonds is 6. The summed E-state index contributed by atoms with van der Waals surface area (Å²) in [6.07, 6.45) is 7.67. The van der Waals surface area contributed by atoms with Crippen molar-refractivity contribution in [3.8, 4) is 5.88 Å². The van der Waals surface area contributed by atoms with Gasteiger partial charge in [-0.3, -0.25) is 9.40 Å². The first kappa shape index (κ1) is 26.5. The van der Waals surface area contributed by atoms with Gasteiger partial charge in [-0.15, -0.1) is 0 Å². The number of aromatic nitrogens is 3. The van der Waals surface area contributed by atoms with Gasteiger partial charge < -0.3 is 9.47 Å². The second-order valence-corrected chi connectivity index (χ2v) is 12.4. The summed E-state index contributed by atoms with van der Waals surface area (Å²) in [5, 5.41) is 5.92. The van der Waals surface area contributed by atoms with Gasteiger partial charge in [0.15, 0.2) is 0 Å². The molecule has 0 radical (unpaired) electrons. The minimum absolute atomic E-state index is 0.260. The topological polar surface area (TPSA) is 95.3 Å². The zero-order valence-electron chi connectivity index (χ0n) is 23.1. The minimum Gasteiger partial charge on any atom is -0.472 e. The number of benzene rings is 2. The molecule has 0 saturated carbocycles. The molecule has 40 heavy (non-hydrogen) atoms. The molecule has 4 heterocycles. The SMILES string of the molecule is CC/C(=C1\c2cc3cnn(C(C)C4CCOCC4)c3cc2COc2ncccc21)c1cccc(NS(C)(=O)=O)c1. The molecule has 1 N–H and O–H groups in total. The first-order valence-corrected chi connectivity index (χ1v) is 15.7. The number of hydrogen-bond donors (Lipinski definition) is 1. The molecule has 8 nitrogen and oxygen atoms in total. The normalized spacial score (nSPS) is 17.9. The van der Waals surface area contributed by atoms with E-state index in [9.17, 15) is 8.42 Å². The quantitative estimate of drug-likeness (QED) is 0.310. The molecule has 1 unspecified atom stereocenters. The Hall–Kier alpha value is -3.69. The molecule has 2 aromatic heterocycles. The molecule has 1 fully saturated rings. The van der Waals surface area contributed by atoms with E-state index < -0.39 is 10.0 Å². The fourth-order valence-corrected chi connectivity index (χ4v) is 6.59. The lowest BCUT2D eigenvalue weighted by atomic mass is 9.86. The molecule has 9 heteroatoms. The lowest BCUT2D eigenvalue weighted by Crippen LogP contribution is -2.24. The Balaban J connectivity index is 1.53. The number of nitrogens with zero attached hydrogens (tertiary/aromatic N) is 3. The Morgan fingerprint density at radius 3 is 2.73 bits per heavy atom. The standard InChI is InChI=1S/C31H34N4O4S/c1-4-26(22-7-5-8-25(15-22)34-40(3,36)37)30-27-9-6-12-32-31(27)39-19-24-17-29-23(16-28(24)30)18-33-35(29)20(2)21-10-13-38-14-11-21/h5-9,12,15-18,20-21,34H,4,10-11,13-14,19H2,1-3H3/b30-26+. The van der Waals surface area contributed by atoms with E-state index in [2.05, 4.69) is 40.4 Å². The van der Waals surface area contributed by atoms with Crippen LogP contribution in [0.5, 0.6) is 5.88 Å². The Kier molecular flexibility index (Phi) is 7.10. The van der Waals surface area contributed by atoms with Gasteiger partial charge in [0.2, 0.25) is 15.9 Å². The van der Waals surface area contributed by atoms with Crippen molar-refractivity contribution < 1.29 is 17.9 Å². The van der Waals surface area contributed by atoms with Crippen LogP contribution in [0.1, 0.15) is 61.4 Å². The first-order valence-electron chi connectivity index (χ1n) is 13.8. The molecule has 1 saturated heterocycles. The average molecular weight is 559 g/mol. The van der Waals surface area contributed by atoms with E-state index in [0.717, 1.165) is 83.0 Å². The smallest absolute Gasteiger partial charge is 0.229 e. The molecule has 2 aromatic carbocycles. The second kappa shape index (κ2) is 10.7. The molecule has 1 atom stereocenters. The summed E-state index contributed by atoms with van der Waals surface area (Å²) in [6, 6.07) is 16.2. The van der Waals surface area contributed by atoms with E-state index in [1.807, 2.05) is 36.5 Å². The van der Waals surface area contributed by atoms with Crippen LogP contribution in [0.4, 0.5) is 5.69 Å². The van der Waals surface area contributed by atoms with E-state index in [1.54, 1.807) is 12.3 Å². The van der Waals surface area contributed by atoms with Crippen LogP contribution in [0.25, 0.3) is 22.0 Å². The molecule has 2 aliphatic heterocycles. The van der Waals surface area contributed by atoms with Gasteiger partial charge in [0.25, 0.3) is 0 Å². The molecule has 0 spiro atoms. The molecule has 208 valence electrons. The number of pyridine rings is 1. The van der Waals surface area contributed by atoms with Gasteiger partial charge >= 0.3 is 0 Å². The molecular weight excluding hydrogens is 524 g/mol. The lowest BCUT2D eigenvalue weighted by Gasteiger charge is -2.28. The lowest BCUT2D eigenvalue weighted by molar-refractivity contribution is 0.0502. The molecule has 0 amide bonds. The van der Waals surface area contributed by atoms with E-state index in [1.165, 1.54) is 0 Å². The largest absolute Gasteiger partial charge is 0.472 e. The van der Waals surface area contributed by atoms with Gasteiger partial charge in [-0.2, -0.15) is 5.10 Å². The molecule has 2 aliphatic rings. The molecule has 0 aliphatic carbocycles. The summed E-state index contributed by atoms with van der Waals surface area (Å²) in [7, 11) is -3.40. The predicted molar refractivity (Wildman–Crippen MR) is 158 cm³/mol. The van der Waals surface area contributed by atoms with Gasteiger partial charge in [-0.25, -0.2) is 13.4 Å². The summed E-state index contributed by atoms with van der Waals surface area (Å²) in [6.45, 7) is 6.37. The highest BCUT2D eigenvalue weighted by Gasteiger charge is 2.27. The number of sulfonamides is 1. The number of allylic oxidation sites excluding steroid dienone is 1. The summed E-state index contributed by atoms with van der Waals surface area (Å²) >= 11 is 0. The highest BCUT2D eigenvalue weighted by molar-refractivity contribution is 7.92. The van der Waals surface area contributed by atoms with Crippen LogP contribution in [0, 0.1) is 5.92 Å². The zero-order valence-corrected chi connectivity index (χ0v) is 23.9. The van der Waals surface area contributed by atoms with Gasteiger partial charge in [0.1, 0.15) is 6.61 Å². The van der Waals surface area contributed by atoms with Crippen molar-refractivity contribution in [1.82, 2.24) is 14.8 Å². The van der Waals surface area contributed by atoms with E-state index in [0.29, 0.717) is 24.1 Å². The highest BCUT2D eigenvalue weighted by atomic mass is 32.2. The maximum Gasteiger partial charge on any atom is 0.229 e. The van der Waals surface area contributed by atoms with Crippen LogP contribution in [0.3, 0.4) is 0 Å². The fraction of sp³-hybridized carbons (Fsp3) is 0.355. The average Bonchev–Trinajstić information content (AvgIpc) is 3.29. The van der Waals surface area contributed by atoms with Crippen LogP contribution < -0.4 is 9.46 Å². The predicted octanol–water partition coefficient (Wildman–Crippen LogP) is 6.05. The van der Waals surface area contributed by atoms with Crippen LogP contribution in [-0.2, 0) is 21.4 Å². The highest BCUT2D eigenvalue weighted by Crippen LogP contribution is 2.43. The third-order valence-electron chi connectivity index (χ3n) is 8.00. The van der Waals surface area contributed by atoms with Crippen molar-refractivity contribution in [3.63, 3.8) is 0 Å². The van der Waals surface area contributed by atoms with Crippen LogP contribution in [0.15, 0.2) is 60.9 Å². The summed E-state index contributed by atoms with van der Waals surface area (Å²) in [5.41, 5.74) is 7.76. The van der Waals surface area contributed by atoms with Crippen molar-refractivity contribution in [3.05, 3.63) is 83.2 Å². The number of fused-ring (bicyclic) bond motifs is 3. The summed E-state index contributed by atoms with van der Waals surface area (Å²) in [5.74, 6) is 1.11. The number of ether oxygens (including phenoxy) is 2. The number of anilines is 1. The minimum atomic E-state index is -3.40. The van der Waals surface area contributed by atoms with Crippen molar-refractivity contribution >= 4 is 37.8 Å². The van der Waals surface area contributed by atoms with Gasteiger partial charge in [0.05, 0.1) is 24.0 Å². The van der Waals surface area contributed by atoms with Gasteiger partial charge in [0, 0.05) is 36.0 Å². The van der Waals surface area contributed by atoms with Crippen molar-refractivity contribution in [2.24, 2.45) is 5.92 Å². The summed E-state index contributed by atoms with van der Waals surface area (Å²) in [4.78, 5) is 4.58. The zero-order chi connectivity index (χ0) is 27.9. The number of nitrogens with one attached hydrogen (secondary N) is 1. The Morgan fingerprint density at radius 2 is 1.95 bits per heavy atom. The maximum atomic E-state index is 11.9. The Bertz CT molecular complexity index is 1700. The molecule has 0 bridgehead atoms. The van der Waals surface area contributed by atoms with E-state index >= 15 is 0 Å². The Morgan fingerprint density at radius 1 is 1.12 bits per heavy atom.